The molecule has 0 unspecified atom stereocenters. The first kappa shape index (κ1) is 22.1. The van der Waals surface area contributed by atoms with Gasteiger partial charge >= 0.3 is 0 Å². The Morgan fingerprint density at radius 2 is 1.61 bits per heavy atom. The molecule has 2 saturated heterocycles. The molecule has 0 atom stereocenters. The fraction of sp³-hybridized carbons (Fsp3) is 0.680. The van der Waals surface area contributed by atoms with E-state index < -0.39 is 0 Å². The molecule has 0 radical (unpaired) electrons. The van der Waals surface area contributed by atoms with E-state index in [4.69, 9.17) is 5.41 Å². The highest BCUT2D eigenvalue weighted by molar-refractivity contribution is 6.45. The van der Waals surface area contributed by atoms with Crippen LogP contribution in [0.5, 0.6) is 0 Å². The van der Waals surface area contributed by atoms with Crippen molar-refractivity contribution in [3.05, 3.63) is 23.8 Å². The number of rotatable bonds is 6. The van der Waals surface area contributed by atoms with Gasteiger partial charge in [-0.3, -0.25) is 10.2 Å². The van der Waals surface area contributed by atoms with Gasteiger partial charge in [0.25, 0.3) is 5.91 Å². The number of likely N-dealkylation sites (tertiary alicyclic amines) is 1. The van der Waals surface area contributed by atoms with Crippen molar-refractivity contribution in [3.63, 3.8) is 0 Å². The lowest BCUT2D eigenvalue weighted by Crippen LogP contribution is -2.48. The minimum absolute atomic E-state index is 0.0602. The van der Waals surface area contributed by atoms with E-state index in [1.165, 1.54) is 57.1 Å². The predicted octanol–water partition coefficient (Wildman–Crippen LogP) is 4.00. The van der Waals surface area contributed by atoms with Gasteiger partial charge in [0.05, 0.1) is 0 Å². The summed E-state index contributed by atoms with van der Waals surface area (Å²) >= 11 is 0. The molecule has 3 fully saturated rings. The van der Waals surface area contributed by atoms with Gasteiger partial charge in [-0.15, -0.1) is 0 Å². The monoisotopic (exact) mass is 425 g/mol. The van der Waals surface area contributed by atoms with Crippen molar-refractivity contribution < 1.29 is 4.79 Å². The predicted molar refractivity (Wildman–Crippen MR) is 128 cm³/mol. The molecule has 0 spiro atoms. The average molecular weight is 426 g/mol. The third kappa shape index (κ3) is 5.40. The summed E-state index contributed by atoms with van der Waals surface area (Å²) in [4.78, 5) is 17.9. The maximum Gasteiger partial charge on any atom is 0.270 e. The van der Waals surface area contributed by atoms with Crippen LogP contribution in [0.4, 0.5) is 11.4 Å². The minimum Gasteiger partial charge on any atom is -0.388 e. The van der Waals surface area contributed by atoms with Crippen LogP contribution in [-0.2, 0) is 4.79 Å². The number of benzene rings is 1. The summed E-state index contributed by atoms with van der Waals surface area (Å²) in [5, 5.41) is 14.9. The van der Waals surface area contributed by atoms with E-state index >= 15 is 0 Å². The molecule has 1 aromatic rings. The van der Waals surface area contributed by atoms with E-state index in [0.717, 1.165) is 50.7 Å². The first-order valence-electron chi connectivity index (χ1n) is 12.4. The standard InChI is InChI=1S/C25H39N5O/c1-27-23-18-21(29-14-6-2-3-7-15-29)10-11-22(23)24(26)25(31)28-19-12-16-30(17-13-19)20-8-4-5-9-20/h10-11,18-20,26-27H,2-9,12-17H2,1H3,(H,28,31). The van der Waals surface area contributed by atoms with Crippen LogP contribution in [0.15, 0.2) is 18.2 Å². The van der Waals surface area contributed by atoms with Gasteiger partial charge in [-0.1, -0.05) is 25.7 Å². The Labute approximate surface area is 187 Å². The lowest BCUT2D eigenvalue weighted by molar-refractivity contribution is -0.115. The Kier molecular flexibility index (Phi) is 7.49. The number of nitrogens with zero attached hydrogens (tertiary/aromatic N) is 2. The van der Waals surface area contributed by atoms with E-state index in [2.05, 4.69) is 32.6 Å². The molecule has 0 aromatic heterocycles. The first-order chi connectivity index (χ1) is 15.2. The van der Waals surface area contributed by atoms with Gasteiger partial charge in [0.15, 0.2) is 0 Å². The normalized spacial score (nSPS) is 21.6. The molecule has 170 valence electrons. The van der Waals surface area contributed by atoms with Crippen molar-refractivity contribution in [3.8, 4) is 0 Å². The molecule has 1 saturated carbocycles. The largest absolute Gasteiger partial charge is 0.388 e. The van der Waals surface area contributed by atoms with Gasteiger partial charge < -0.3 is 20.4 Å². The molecule has 3 aliphatic rings. The fourth-order valence-corrected chi connectivity index (χ4v) is 5.54. The van der Waals surface area contributed by atoms with Crippen LogP contribution in [0.25, 0.3) is 0 Å². The second kappa shape index (κ2) is 10.5. The number of nitrogens with one attached hydrogen (secondary N) is 3. The van der Waals surface area contributed by atoms with E-state index in [-0.39, 0.29) is 17.7 Å². The highest BCUT2D eigenvalue weighted by atomic mass is 16.1. The number of piperidine rings is 1. The smallest absolute Gasteiger partial charge is 0.270 e. The molecule has 1 aromatic carbocycles. The summed E-state index contributed by atoms with van der Waals surface area (Å²) in [5.74, 6) is -0.252. The summed E-state index contributed by atoms with van der Waals surface area (Å²) in [6, 6.07) is 7.05. The van der Waals surface area contributed by atoms with Gasteiger partial charge in [0.2, 0.25) is 0 Å². The van der Waals surface area contributed by atoms with Crippen molar-refractivity contribution in [2.45, 2.75) is 76.3 Å². The lowest BCUT2D eigenvalue weighted by Gasteiger charge is -2.36. The summed E-state index contributed by atoms with van der Waals surface area (Å²) in [5.41, 5.74) is 2.78. The fourth-order valence-electron chi connectivity index (χ4n) is 5.54. The number of carbonyl (C=O) groups is 1. The molecule has 31 heavy (non-hydrogen) atoms. The SMILES string of the molecule is CNc1cc(N2CCCCCC2)ccc1C(=N)C(=O)NC1CCN(C2CCCC2)CC1. The zero-order valence-corrected chi connectivity index (χ0v) is 19.1. The van der Waals surface area contributed by atoms with Crippen molar-refractivity contribution in [2.75, 3.05) is 43.4 Å². The zero-order chi connectivity index (χ0) is 21.6. The summed E-state index contributed by atoms with van der Waals surface area (Å²) < 4.78 is 0. The number of anilines is 2. The highest BCUT2D eigenvalue weighted by Crippen LogP contribution is 2.28. The molecule has 1 aliphatic carbocycles. The van der Waals surface area contributed by atoms with E-state index in [1.54, 1.807) is 0 Å². The van der Waals surface area contributed by atoms with Crippen LogP contribution in [0.1, 0.15) is 69.8 Å². The third-order valence-corrected chi connectivity index (χ3v) is 7.45. The highest BCUT2D eigenvalue weighted by Gasteiger charge is 2.28. The van der Waals surface area contributed by atoms with Crippen molar-refractivity contribution in [1.29, 1.82) is 5.41 Å². The topological polar surface area (TPSA) is 71.5 Å². The molecule has 0 bridgehead atoms. The Balaban J connectivity index is 1.35. The molecule has 1 amide bonds. The molecule has 4 rings (SSSR count). The second-order valence-electron chi connectivity index (χ2n) is 9.48. The van der Waals surface area contributed by atoms with Crippen LogP contribution in [-0.4, -0.2) is 61.8 Å². The Morgan fingerprint density at radius 1 is 0.935 bits per heavy atom. The summed E-state index contributed by atoms with van der Waals surface area (Å²) in [6.07, 6.45) is 12.4. The molecule has 6 heteroatoms. The number of hydrogen-bond acceptors (Lipinski definition) is 5. The van der Waals surface area contributed by atoms with Gasteiger partial charge in [-0.2, -0.15) is 0 Å². The van der Waals surface area contributed by atoms with Crippen molar-refractivity contribution in [1.82, 2.24) is 10.2 Å². The maximum atomic E-state index is 12.9. The van der Waals surface area contributed by atoms with Gasteiger partial charge in [0.1, 0.15) is 5.71 Å². The third-order valence-electron chi connectivity index (χ3n) is 7.45. The zero-order valence-electron chi connectivity index (χ0n) is 19.1. The number of carbonyl (C=O) groups excluding carboxylic acids is 1. The Hall–Kier alpha value is -2.08. The van der Waals surface area contributed by atoms with E-state index in [0.29, 0.717) is 5.56 Å². The van der Waals surface area contributed by atoms with Crippen LogP contribution >= 0.6 is 0 Å². The van der Waals surface area contributed by atoms with Gasteiger partial charge in [-0.05, 0) is 56.7 Å². The Bertz CT molecular complexity index is 757. The second-order valence-corrected chi connectivity index (χ2v) is 9.48. The van der Waals surface area contributed by atoms with Crippen LogP contribution in [0.3, 0.4) is 0 Å². The minimum atomic E-state index is -0.252. The maximum absolute atomic E-state index is 12.9. The first-order valence-corrected chi connectivity index (χ1v) is 12.4. The Morgan fingerprint density at radius 3 is 2.26 bits per heavy atom. The van der Waals surface area contributed by atoms with Crippen molar-refractivity contribution in [2.24, 2.45) is 0 Å². The van der Waals surface area contributed by atoms with Crippen LogP contribution in [0.2, 0.25) is 0 Å². The number of hydrogen-bond donors (Lipinski definition) is 3. The molecular formula is C25H39N5O. The average Bonchev–Trinajstić information content (AvgIpc) is 3.21. The van der Waals surface area contributed by atoms with Gasteiger partial charge in [-0.25, -0.2) is 0 Å². The molecule has 6 nitrogen and oxygen atoms in total. The van der Waals surface area contributed by atoms with E-state index in [1.807, 2.05) is 13.1 Å². The van der Waals surface area contributed by atoms with Crippen molar-refractivity contribution >= 4 is 23.0 Å². The molecule has 2 heterocycles. The van der Waals surface area contributed by atoms with Crippen LogP contribution < -0.4 is 15.5 Å². The van der Waals surface area contributed by atoms with E-state index in [9.17, 15) is 4.79 Å². The summed E-state index contributed by atoms with van der Waals surface area (Å²) in [7, 11) is 1.87. The lowest BCUT2D eigenvalue weighted by atomic mass is 10.0. The summed E-state index contributed by atoms with van der Waals surface area (Å²) in [6.45, 7) is 4.30. The van der Waals surface area contributed by atoms with Crippen LogP contribution in [0, 0.1) is 5.41 Å². The molecule has 3 N–H and O–H groups in total. The molecule has 2 aliphatic heterocycles. The molecular weight excluding hydrogens is 386 g/mol. The number of amides is 1. The quantitative estimate of drug-likeness (QED) is 0.603. The van der Waals surface area contributed by atoms with Gasteiger partial charge in [0, 0.05) is 62.2 Å².